The van der Waals surface area contributed by atoms with E-state index in [4.69, 9.17) is 10.8 Å². The van der Waals surface area contributed by atoms with Crippen LogP contribution in [0.1, 0.15) is 32.6 Å². The molecular weight excluding hydrogens is 254 g/mol. The molecule has 19 heavy (non-hydrogen) atoms. The average Bonchev–Trinajstić information content (AvgIpc) is 2.65. The van der Waals surface area contributed by atoms with Gasteiger partial charge in [-0.3, -0.25) is 20.4 Å². The van der Waals surface area contributed by atoms with Crippen LogP contribution in [0.25, 0.3) is 0 Å². The summed E-state index contributed by atoms with van der Waals surface area (Å²) in [5.41, 5.74) is 0. The highest BCUT2D eigenvalue weighted by molar-refractivity contribution is 6.01. The summed E-state index contributed by atoms with van der Waals surface area (Å²) in [5, 5.41) is 21.5. The molecular formula is C10H13N5O4. The number of hydrogen-bond acceptors (Lipinski definition) is 6. The van der Waals surface area contributed by atoms with Crippen molar-refractivity contribution in [2.75, 3.05) is 0 Å². The zero-order chi connectivity index (χ0) is 14.4. The molecule has 1 aliphatic heterocycles. The molecule has 0 saturated carbocycles. The van der Waals surface area contributed by atoms with Crippen molar-refractivity contribution in [3.63, 3.8) is 0 Å². The standard InChI is InChI=1S/C10H13N5O4/c1-6(11)13-14-7(12)2-5-10(18)19-15-8(16)3-4-9(15)17/h11-12H,2-5H2,1H3. The Hall–Kier alpha value is -2.45. The van der Waals surface area contributed by atoms with E-state index in [2.05, 4.69) is 15.1 Å². The fourth-order valence-electron chi connectivity index (χ4n) is 1.21. The third kappa shape index (κ3) is 4.74. The van der Waals surface area contributed by atoms with Gasteiger partial charge in [0.05, 0.1) is 6.42 Å². The van der Waals surface area contributed by atoms with E-state index in [9.17, 15) is 14.4 Å². The lowest BCUT2D eigenvalue weighted by Crippen LogP contribution is -2.32. The molecule has 1 saturated heterocycles. The number of hydrogen-bond donors (Lipinski definition) is 2. The molecule has 1 aliphatic rings. The van der Waals surface area contributed by atoms with Crippen LogP contribution in [0, 0.1) is 10.8 Å². The molecule has 9 heteroatoms. The third-order valence-electron chi connectivity index (χ3n) is 2.09. The normalized spacial score (nSPS) is 15.1. The number of nitrogens with one attached hydrogen (secondary N) is 2. The van der Waals surface area contributed by atoms with E-state index in [1.807, 2.05) is 0 Å². The van der Waals surface area contributed by atoms with Crippen LogP contribution in [0.15, 0.2) is 10.2 Å². The molecule has 0 bridgehead atoms. The van der Waals surface area contributed by atoms with Crippen LogP contribution in [-0.4, -0.2) is 34.5 Å². The van der Waals surface area contributed by atoms with Gasteiger partial charge >= 0.3 is 5.97 Å². The summed E-state index contributed by atoms with van der Waals surface area (Å²) < 4.78 is 0. The van der Waals surface area contributed by atoms with Crippen molar-refractivity contribution in [1.29, 1.82) is 10.8 Å². The van der Waals surface area contributed by atoms with E-state index in [-0.39, 0.29) is 37.4 Å². The molecule has 0 aromatic carbocycles. The molecule has 0 radical (unpaired) electrons. The Morgan fingerprint density at radius 3 is 2.32 bits per heavy atom. The van der Waals surface area contributed by atoms with Crippen molar-refractivity contribution in [2.45, 2.75) is 32.6 Å². The number of azo groups is 1. The number of amides is 2. The molecule has 102 valence electrons. The van der Waals surface area contributed by atoms with Gasteiger partial charge in [0.2, 0.25) is 0 Å². The van der Waals surface area contributed by atoms with Gasteiger partial charge in [0.25, 0.3) is 11.8 Å². The number of rotatable bonds is 4. The molecule has 0 aromatic rings. The van der Waals surface area contributed by atoms with Crippen LogP contribution in [-0.2, 0) is 19.2 Å². The van der Waals surface area contributed by atoms with Crippen molar-refractivity contribution in [2.24, 2.45) is 10.2 Å². The predicted molar refractivity (Wildman–Crippen MR) is 62.4 cm³/mol. The molecule has 0 aliphatic carbocycles. The van der Waals surface area contributed by atoms with Gasteiger partial charge in [0.1, 0.15) is 11.7 Å². The maximum Gasteiger partial charge on any atom is 0.333 e. The first-order valence-electron chi connectivity index (χ1n) is 5.51. The van der Waals surface area contributed by atoms with Gasteiger partial charge in [-0.2, -0.15) is 0 Å². The highest BCUT2D eigenvalue weighted by Gasteiger charge is 2.32. The van der Waals surface area contributed by atoms with Gasteiger partial charge in [-0.1, -0.05) is 0 Å². The van der Waals surface area contributed by atoms with Crippen LogP contribution < -0.4 is 0 Å². The quantitative estimate of drug-likeness (QED) is 0.337. The maximum absolute atomic E-state index is 11.4. The smallest absolute Gasteiger partial charge is 0.330 e. The second-order valence-corrected chi connectivity index (χ2v) is 3.78. The summed E-state index contributed by atoms with van der Waals surface area (Å²) in [5.74, 6) is -2.14. The molecule has 1 heterocycles. The van der Waals surface area contributed by atoms with Gasteiger partial charge in [-0.15, -0.1) is 15.3 Å². The summed E-state index contributed by atoms with van der Waals surface area (Å²) in [6.07, 6.45) is -0.179. The molecule has 0 aromatic heterocycles. The Bertz CT molecular complexity index is 455. The molecule has 2 N–H and O–H groups in total. The van der Waals surface area contributed by atoms with Gasteiger partial charge in [-0.05, 0) is 6.92 Å². The monoisotopic (exact) mass is 267 g/mol. The highest BCUT2D eigenvalue weighted by Crippen LogP contribution is 2.13. The van der Waals surface area contributed by atoms with Crippen LogP contribution in [0.5, 0.6) is 0 Å². The molecule has 0 atom stereocenters. The number of carbonyl (C=O) groups excluding carboxylic acids is 3. The first-order valence-corrected chi connectivity index (χ1v) is 5.51. The second-order valence-electron chi connectivity index (χ2n) is 3.78. The Balaban J connectivity index is 2.36. The fraction of sp³-hybridized carbons (Fsp3) is 0.500. The van der Waals surface area contributed by atoms with Gasteiger partial charge in [0.15, 0.2) is 0 Å². The van der Waals surface area contributed by atoms with Crippen molar-refractivity contribution < 1.29 is 19.2 Å². The topological polar surface area (TPSA) is 136 Å². The maximum atomic E-state index is 11.4. The van der Waals surface area contributed by atoms with Crippen LogP contribution >= 0.6 is 0 Å². The number of imide groups is 1. The second kappa shape index (κ2) is 6.47. The lowest BCUT2D eigenvalue weighted by Gasteiger charge is -2.11. The Kier molecular flexibility index (Phi) is 4.98. The van der Waals surface area contributed by atoms with Crippen molar-refractivity contribution >= 4 is 29.5 Å². The largest absolute Gasteiger partial charge is 0.333 e. The third-order valence-corrected chi connectivity index (χ3v) is 2.09. The first kappa shape index (κ1) is 14.6. The number of nitrogens with zero attached hydrogens (tertiary/aromatic N) is 3. The van der Waals surface area contributed by atoms with Crippen LogP contribution in [0.3, 0.4) is 0 Å². The van der Waals surface area contributed by atoms with Crippen LogP contribution in [0.2, 0.25) is 0 Å². The molecule has 1 fully saturated rings. The van der Waals surface area contributed by atoms with Gasteiger partial charge < -0.3 is 4.84 Å². The first-order chi connectivity index (χ1) is 8.90. The van der Waals surface area contributed by atoms with Gasteiger partial charge in [0, 0.05) is 19.3 Å². The minimum atomic E-state index is -0.796. The molecule has 9 nitrogen and oxygen atoms in total. The minimum Gasteiger partial charge on any atom is -0.330 e. The number of hydroxylamine groups is 2. The van der Waals surface area contributed by atoms with Crippen molar-refractivity contribution in [3.05, 3.63) is 0 Å². The van der Waals surface area contributed by atoms with E-state index in [1.165, 1.54) is 6.92 Å². The Morgan fingerprint density at radius 2 is 1.79 bits per heavy atom. The van der Waals surface area contributed by atoms with E-state index in [1.54, 1.807) is 0 Å². The van der Waals surface area contributed by atoms with E-state index < -0.39 is 17.8 Å². The van der Waals surface area contributed by atoms with E-state index in [0.717, 1.165) is 0 Å². The molecule has 2 amide bonds. The number of carbonyl (C=O) groups is 3. The van der Waals surface area contributed by atoms with E-state index >= 15 is 0 Å². The van der Waals surface area contributed by atoms with Crippen molar-refractivity contribution in [3.8, 4) is 0 Å². The molecule has 1 rings (SSSR count). The lowest BCUT2D eigenvalue weighted by atomic mass is 10.3. The summed E-state index contributed by atoms with van der Waals surface area (Å²) in [6.45, 7) is 1.40. The fourth-order valence-corrected chi connectivity index (χ4v) is 1.21. The van der Waals surface area contributed by atoms with Crippen LogP contribution in [0.4, 0.5) is 0 Å². The van der Waals surface area contributed by atoms with E-state index in [0.29, 0.717) is 5.06 Å². The Labute approximate surface area is 108 Å². The lowest BCUT2D eigenvalue weighted by molar-refractivity contribution is -0.197. The summed E-state index contributed by atoms with van der Waals surface area (Å²) >= 11 is 0. The zero-order valence-electron chi connectivity index (χ0n) is 10.3. The summed E-state index contributed by atoms with van der Waals surface area (Å²) in [6, 6.07) is 0. The van der Waals surface area contributed by atoms with Gasteiger partial charge in [-0.25, -0.2) is 4.79 Å². The molecule has 0 spiro atoms. The van der Waals surface area contributed by atoms with Crippen molar-refractivity contribution in [1.82, 2.24) is 5.06 Å². The Morgan fingerprint density at radius 1 is 1.21 bits per heavy atom. The highest BCUT2D eigenvalue weighted by atomic mass is 16.7. The summed E-state index contributed by atoms with van der Waals surface area (Å²) in [7, 11) is 0. The predicted octanol–water partition coefficient (Wildman–Crippen LogP) is 0.800. The molecule has 0 unspecified atom stereocenters. The zero-order valence-corrected chi connectivity index (χ0v) is 10.3. The number of amidine groups is 2. The average molecular weight is 267 g/mol. The summed E-state index contributed by atoms with van der Waals surface area (Å²) in [4.78, 5) is 38.3. The minimum absolute atomic E-state index is 0.0365. The SMILES string of the molecule is CC(=N)N=NC(=N)CCC(=O)ON1C(=O)CCC1=O.